The van der Waals surface area contributed by atoms with Gasteiger partial charge < -0.3 is 16.4 Å². The maximum absolute atomic E-state index is 11.2. The van der Waals surface area contributed by atoms with Crippen LogP contribution in [0.2, 0.25) is 0 Å². The van der Waals surface area contributed by atoms with Crippen molar-refractivity contribution >= 4 is 23.4 Å². The van der Waals surface area contributed by atoms with Crippen LogP contribution in [-0.2, 0) is 4.79 Å². The van der Waals surface area contributed by atoms with E-state index in [9.17, 15) is 14.9 Å². The summed E-state index contributed by atoms with van der Waals surface area (Å²) in [6.07, 6.45) is 1.05. The first-order chi connectivity index (χ1) is 8.27. The first kappa shape index (κ1) is 13.6. The molecule has 0 fully saturated rings. The highest BCUT2D eigenvalue weighted by Crippen LogP contribution is 2.24. The summed E-state index contributed by atoms with van der Waals surface area (Å²) in [5.74, 6) is -0.520. The number of amides is 1. The Morgan fingerprint density at radius 1 is 1.56 bits per heavy atom. The van der Waals surface area contributed by atoms with E-state index < -0.39 is 16.4 Å². The highest BCUT2D eigenvalue weighted by atomic mass is 16.6. The number of aromatic nitrogens is 2. The summed E-state index contributed by atoms with van der Waals surface area (Å²) in [6.45, 7) is 3.00. The van der Waals surface area contributed by atoms with Gasteiger partial charge in [-0.2, -0.15) is 4.98 Å². The summed E-state index contributed by atoms with van der Waals surface area (Å²) >= 11 is 0. The van der Waals surface area contributed by atoms with Crippen LogP contribution >= 0.6 is 0 Å². The lowest BCUT2D eigenvalue weighted by Gasteiger charge is -2.22. The van der Waals surface area contributed by atoms with Crippen molar-refractivity contribution in [3.8, 4) is 0 Å². The maximum atomic E-state index is 11.2. The molecule has 0 saturated carbocycles. The zero-order valence-electron chi connectivity index (χ0n) is 10.2. The van der Waals surface area contributed by atoms with Gasteiger partial charge in [-0.1, -0.05) is 0 Å². The molecule has 0 aromatic carbocycles. The van der Waals surface area contributed by atoms with E-state index in [1.165, 1.54) is 13.8 Å². The van der Waals surface area contributed by atoms with Crippen LogP contribution in [0.3, 0.4) is 0 Å². The predicted molar refractivity (Wildman–Crippen MR) is 65.1 cm³/mol. The molecule has 98 valence electrons. The van der Waals surface area contributed by atoms with E-state index in [1.807, 2.05) is 0 Å². The van der Waals surface area contributed by atoms with E-state index in [2.05, 4.69) is 20.6 Å². The minimum atomic E-state index is -1.16. The zero-order valence-corrected chi connectivity index (χ0v) is 10.2. The first-order valence-corrected chi connectivity index (χ1v) is 5.05. The van der Waals surface area contributed by atoms with Gasteiger partial charge in [-0.3, -0.25) is 14.9 Å². The number of nitrogens with zero attached hydrogens (tertiary/aromatic N) is 3. The first-order valence-electron chi connectivity index (χ1n) is 5.05. The largest absolute Gasteiger partial charge is 0.368 e. The Balaban J connectivity index is 3.20. The van der Waals surface area contributed by atoms with Gasteiger partial charge in [0.2, 0.25) is 17.7 Å². The number of nitrogens with one attached hydrogen (secondary N) is 2. The summed E-state index contributed by atoms with van der Waals surface area (Å²) < 4.78 is 0. The number of rotatable bonds is 5. The molecular weight excluding hydrogens is 240 g/mol. The summed E-state index contributed by atoms with van der Waals surface area (Å²) in [5.41, 5.74) is 3.69. The molecule has 0 bridgehead atoms. The van der Waals surface area contributed by atoms with Gasteiger partial charge in [0.05, 0.1) is 4.92 Å². The lowest BCUT2D eigenvalue weighted by atomic mass is 10.1. The van der Waals surface area contributed by atoms with Crippen molar-refractivity contribution in [3.63, 3.8) is 0 Å². The summed E-state index contributed by atoms with van der Waals surface area (Å²) in [6, 6.07) is 0. The third kappa shape index (κ3) is 2.81. The fourth-order valence-corrected chi connectivity index (χ4v) is 1.08. The summed E-state index contributed by atoms with van der Waals surface area (Å²) in [4.78, 5) is 29.0. The third-order valence-electron chi connectivity index (χ3n) is 2.24. The van der Waals surface area contributed by atoms with Crippen molar-refractivity contribution in [2.75, 3.05) is 17.7 Å². The topological polar surface area (TPSA) is 136 Å². The van der Waals surface area contributed by atoms with Crippen molar-refractivity contribution in [3.05, 3.63) is 16.3 Å². The van der Waals surface area contributed by atoms with Gasteiger partial charge in [0.25, 0.3) is 0 Å². The lowest BCUT2D eigenvalue weighted by Crippen LogP contribution is -2.45. The number of hydrogen-bond donors (Lipinski definition) is 3. The van der Waals surface area contributed by atoms with Gasteiger partial charge in [-0.25, -0.2) is 4.98 Å². The van der Waals surface area contributed by atoms with E-state index >= 15 is 0 Å². The van der Waals surface area contributed by atoms with E-state index in [0.29, 0.717) is 0 Å². The van der Waals surface area contributed by atoms with Crippen LogP contribution in [0.25, 0.3) is 0 Å². The number of nitrogens with two attached hydrogens (primary N) is 1. The molecule has 0 aliphatic carbocycles. The monoisotopic (exact) mass is 254 g/mol. The molecule has 0 spiro atoms. The molecule has 4 N–H and O–H groups in total. The second-order valence-corrected chi connectivity index (χ2v) is 4.05. The molecule has 1 aromatic rings. The van der Waals surface area contributed by atoms with Crippen LogP contribution in [0.4, 0.5) is 17.5 Å². The minimum Gasteiger partial charge on any atom is -0.368 e. The highest BCUT2D eigenvalue weighted by molar-refractivity contribution is 5.87. The molecule has 1 amide bonds. The number of hydrogen-bond acceptors (Lipinski definition) is 7. The van der Waals surface area contributed by atoms with E-state index in [4.69, 9.17) is 5.73 Å². The van der Waals surface area contributed by atoms with Crippen molar-refractivity contribution in [1.82, 2.24) is 9.97 Å². The third-order valence-corrected chi connectivity index (χ3v) is 2.24. The predicted octanol–water partition coefficient (Wildman–Crippen LogP) is 0.102. The Hall–Kier alpha value is -2.45. The molecule has 1 aromatic heterocycles. The number of anilines is 2. The standard InChI is InChI=1S/C9H14N6O3/c1-9(2,7(10)16)14-6-5(15(17)18)4-12-8(11-3)13-6/h4H,1-3H3,(H2,10,16)(H2,11,12,13,14). The molecule has 1 rings (SSSR count). The normalized spacial score (nSPS) is 10.8. The molecule has 18 heavy (non-hydrogen) atoms. The van der Waals surface area contributed by atoms with Crippen molar-refractivity contribution < 1.29 is 9.72 Å². The van der Waals surface area contributed by atoms with Gasteiger partial charge in [-0.05, 0) is 13.8 Å². The van der Waals surface area contributed by atoms with E-state index in [-0.39, 0.29) is 17.5 Å². The lowest BCUT2D eigenvalue weighted by molar-refractivity contribution is -0.384. The Kier molecular flexibility index (Phi) is 3.64. The Morgan fingerprint density at radius 2 is 2.17 bits per heavy atom. The van der Waals surface area contributed by atoms with Crippen molar-refractivity contribution in [1.29, 1.82) is 0 Å². The van der Waals surface area contributed by atoms with Crippen LogP contribution in [0.5, 0.6) is 0 Å². The van der Waals surface area contributed by atoms with Gasteiger partial charge in [0, 0.05) is 7.05 Å². The average molecular weight is 254 g/mol. The smallest absolute Gasteiger partial charge is 0.329 e. The average Bonchev–Trinajstić information content (AvgIpc) is 2.27. The second kappa shape index (κ2) is 4.82. The quantitative estimate of drug-likeness (QED) is 0.500. The van der Waals surface area contributed by atoms with Crippen LogP contribution in [0.15, 0.2) is 6.20 Å². The fraction of sp³-hybridized carbons (Fsp3) is 0.444. The fourth-order valence-electron chi connectivity index (χ4n) is 1.08. The van der Waals surface area contributed by atoms with Crippen LogP contribution < -0.4 is 16.4 Å². The molecule has 0 saturated heterocycles. The molecule has 1 heterocycles. The molecule has 0 atom stereocenters. The molecule has 0 aliphatic heterocycles. The van der Waals surface area contributed by atoms with Crippen molar-refractivity contribution in [2.24, 2.45) is 5.73 Å². The molecular formula is C9H14N6O3. The minimum absolute atomic E-state index is 0.0665. The Morgan fingerprint density at radius 3 is 2.61 bits per heavy atom. The van der Waals surface area contributed by atoms with Crippen LogP contribution in [0.1, 0.15) is 13.8 Å². The summed E-state index contributed by atoms with van der Waals surface area (Å²) in [7, 11) is 1.57. The number of carbonyl (C=O) groups excluding carboxylic acids is 1. The number of nitro groups is 1. The molecule has 0 aliphatic rings. The number of carbonyl (C=O) groups is 1. The SMILES string of the molecule is CNc1ncc([N+](=O)[O-])c(NC(C)(C)C(N)=O)n1. The Labute approximate surface area is 103 Å². The summed E-state index contributed by atoms with van der Waals surface area (Å²) in [5, 5.41) is 16.1. The second-order valence-electron chi connectivity index (χ2n) is 4.05. The molecule has 0 radical (unpaired) electrons. The van der Waals surface area contributed by atoms with Crippen LogP contribution in [0, 0.1) is 10.1 Å². The molecule has 9 nitrogen and oxygen atoms in total. The van der Waals surface area contributed by atoms with E-state index in [1.54, 1.807) is 7.05 Å². The van der Waals surface area contributed by atoms with E-state index in [0.717, 1.165) is 6.20 Å². The van der Waals surface area contributed by atoms with Gasteiger partial charge in [0.1, 0.15) is 11.7 Å². The molecule has 0 unspecified atom stereocenters. The van der Waals surface area contributed by atoms with Gasteiger partial charge in [0.15, 0.2) is 0 Å². The highest BCUT2D eigenvalue weighted by Gasteiger charge is 2.29. The van der Waals surface area contributed by atoms with Gasteiger partial charge >= 0.3 is 5.69 Å². The van der Waals surface area contributed by atoms with Crippen LogP contribution in [-0.4, -0.2) is 33.4 Å². The molecule has 9 heteroatoms. The zero-order chi connectivity index (χ0) is 13.9. The Bertz CT molecular complexity index is 487. The van der Waals surface area contributed by atoms with Gasteiger partial charge in [-0.15, -0.1) is 0 Å². The maximum Gasteiger partial charge on any atom is 0.329 e. The van der Waals surface area contributed by atoms with Crippen molar-refractivity contribution in [2.45, 2.75) is 19.4 Å². The number of primary amides is 1.